The molecule has 4 N–H and O–H groups in total. The normalized spacial score (nSPS) is 23.1. The van der Waals surface area contributed by atoms with E-state index in [-0.39, 0.29) is 23.9 Å². The molecule has 1 heterocycles. The van der Waals surface area contributed by atoms with Gasteiger partial charge in [-0.15, -0.1) is 0 Å². The van der Waals surface area contributed by atoms with Crippen LogP contribution in [0, 0.1) is 11.3 Å². The van der Waals surface area contributed by atoms with E-state index in [0.29, 0.717) is 30.1 Å². The van der Waals surface area contributed by atoms with Crippen molar-refractivity contribution in [3.05, 3.63) is 24.3 Å². The number of carbonyl (C=O) groups excluding carboxylic acids is 4. The number of imide groups is 1. The standard InChI is InChI=1S/C23H33N5O4/c1-5-22(2,3)15-10-12-23(13-11-15)19(30)28(21(32)27-23)14-18(29)25-16-6-8-17(9-7-16)26-20(31)24-4/h6-9,15H,5,10-14H2,1-4H3,(H,25,29)(H,27,32)(H2,24,26,31). The van der Waals surface area contributed by atoms with Gasteiger partial charge in [-0.1, -0.05) is 27.2 Å². The topological polar surface area (TPSA) is 120 Å². The molecule has 6 amide bonds. The lowest BCUT2D eigenvalue weighted by atomic mass is 9.65. The zero-order valence-corrected chi connectivity index (χ0v) is 19.2. The summed E-state index contributed by atoms with van der Waals surface area (Å²) < 4.78 is 0. The number of carbonyl (C=O) groups is 4. The Morgan fingerprint density at radius 3 is 2.19 bits per heavy atom. The number of urea groups is 2. The van der Waals surface area contributed by atoms with Gasteiger partial charge in [-0.25, -0.2) is 9.59 Å². The van der Waals surface area contributed by atoms with Crippen molar-refractivity contribution in [2.45, 2.75) is 58.4 Å². The zero-order valence-electron chi connectivity index (χ0n) is 19.2. The van der Waals surface area contributed by atoms with Crippen LogP contribution in [0.15, 0.2) is 24.3 Å². The van der Waals surface area contributed by atoms with Crippen LogP contribution in [0.4, 0.5) is 21.0 Å². The predicted molar refractivity (Wildman–Crippen MR) is 122 cm³/mol. The molecule has 0 aromatic heterocycles. The van der Waals surface area contributed by atoms with Crippen LogP contribution < -0.4 is 21.3 Å². The zero-order chi connectivity index (χ0) is 23.5. The van der Waals surface area contributed by atoms with Gasteiger partial charge in [0, 0.05) is 18.4 Å². The fourth-order valence-corrected chi connectivity index (χ4v) is 4.51. The van der Waals surface area contributed by atoms with Crippen LogP contribution in [0.5, 0.6) is 0 Å². The van der Waals surface area contributed by atoms with Crippen LogP contribution in [0.25, 0.3) is 0 Å². The maximum absolute atomic E-state index is 13.1. The Hall–Kier alpha value is -3.10. The summed E-state index contributed by atoms with van der Waals surface area (Å²) in [6.45, 7) is 6.35. The molecule has 0 unspecified atom stereocenters. The number of anilines is 2. The quantitative estimate of drug-likeness (QED) is 0.504. The molecule has 0 radical (unpaired) electrons. The smallest absolute Gasteiger partial charge is 0.325 e. The average Bonchev–Trinajstić information content (AvgIpc) is 2.99. The highest BCUT2D eigenvalue weighted by molar-refractivity contribution is 6.10. The third-order valence-corrected chi connectivity index (χ3v) is 7.06. The lowest BCUT2D eigenvalue weighted by molar-refractivity contribution is -0.135. The van der Waals surface area contributed by atoms with Crippen LogP contribution in [0.3, 0.4) is 0 Å². The van der Waals surface area contributed by atoms with E-state index in [1.165, 1.54) is 7.05 Å². The van der Waals surface area contributed by atoms with Crippen molar-refractivity contribution in [2.75, 3.05) is 24.2 Å². The second kappa shape index (κ2) is 9.18. The monoisotopic (exact) mass is 443 g/mol. The number of hydrogen-bond donors (Lipinski definition) is 4. The molecule has 2 fully saturated rings. The molecule has 1 aromatic rings. The molecule has 0 atom stereocenters. The van der Waals surface area contributed by atoms with Crippen LogP contribution in [0.2, 0.25) is 0 Å². The number of rotatable bonds is 6. The van der Waals surface area contributed by atoms with Crippen LogP contribution in [0.1, 0.15) is 52.9 Å². The van der Waals surface area contributed by atoms with Gasteiger partial charge in [-0.05, 0) is 61.3 Å². The first-order valence-corrected chi connectivity index (χ1v) is 11.1. The van der Waals surface area contributed by atoms with E-state index in [4.69, 9.17) is 0 Å². The fraction of sp³-hybridized carbons (Fsp3) is 0.565. The summed E-state index contributed by atoms with van der Waals surface area (Å²) in [5.74, 6) is -0.255. The van der Waals surface area contributed by atoms with E-state index >= 15 is 0 Å². The number of hydrogen-bond acceptors (Lipinski definition) is 4. The minimum Gasteiger partial charge on any atom is -0.341 e. The molecule has 0 bridgehead atoms. The molecule has 3 rings (SSSR count). The first-order chi connectivity index (χ1) is 15.1. The summed E-state index contributed by atoms with van der Waals surface area (Å²) in [6.07, 6.45) is 4.03. The molecular weight excluding hydrogens is 410 g/mol. The third kappa shape index (κ3) is 4.87. The molecule has 9 heteroatoms. The molecule has 1 aliphatic carbocycles. The Morgan fingerprint density at radius 1 is 1.09 bits per heavy atom. The van der Waals surface area contributed by atoms with Gasteiger partial charge in [0.1, 0.15) is 12.1 Å². The highest BCUT2D eigenvalue weighted by Gasteiger charge is 2.53. The minimum absolute atomic E-state index is 0.207. The summed E-state index contributed by atoms with van der Waals surface area (Å²) in [4.78, 5) is 50.5. The van der Waals surface area contributed by atoms with E-state index in [0.717, 1.165) is 24.2 Å². The van der Waals surface area contributed by atoms with Crippen molar-refractivity contribution in [1.82, 2.24) is 15.5 Å². The summed E-state index contributed by atoms with van der Waals surface area (Å²) in [7, 11) is 1.52. The average molecular weight is 444 g/mol. The number of nitrogens with one attached hydrogen (secondary N) is 4. The SMILES string of the molecule is CCC(C)(C)C1CCC2(CC1)NC(=O)N(CC(=O)Nc1ccc(NC(=O)NC)cc1)C2=O. The molecule has 1 aliphatic heterocycles. The maximum Gasteiger partial charge on any atom is 0.325 e. The van der Waals surface area contributed by atoms with Crippen molar-refractivity contribution < 1.29 is 19.2 Å². The van der Waals surface area contributed by atoms with Crippen molar-refractivity contribution in [3.8, 4) is 0 Å². The van der Waals surface area contributed by atoms with Gasteiger partial charge in [-0.3, -0.25) is 14.5 Å². The molecule has 9 nitrogen and oxygen atoms in total. The number of amides is 6. The molecular formula is C23H33N5O4. The van der Waals surface area contributed by atoms with E-state index in [1.54, 1.807) is 24.3 Å². The molecule has 1 spiro atoms. The van der Waals surface area contributed by atoms with Crippen LogP contribution in [-0.2, 0) is 9.59 Å². The van der Waals surface area contributed by atoms with Crippen molar-refractivity contribution >= 4 is 35.3 Å². The summed E-state index contributed by atoms with van der Waals surface area (Å²) in [6, 6.07) is 5.69. The largest absolute Gasteiger partial charge is 0.341 e. The van der Waals surface area contributed by atoms with Gasteiger partial charge >= 0.3 is 12.1 Å². The van der Waals surface area contributed by atoms with Crippen molar-refractivity contribution in [1.29, 1.82) is 0 Å². The van der Waals surface area contributed by atoms with Gasteiger partial charge in [0.05, 0.1) is 0 Å². The van der Waals surface area contributed by atoms with Gasteiger partial charge in [-0.2, -0.15) is 0 Å². The van der Waals surface area contributed by atoms with Crippen LogP contribution in [-0.4, -0.2) is 47.9 Å². The number of benzene rings is 1. The molecule has 2 aliphatic rings. The number of nitrogens with zero attached hydrogens (tertiary/aromatic N) is 1. The van der Waals surface area contributed by atoms with E-state index in [9.17, 15) is 19.2 Å². The fourth-order valence-electron chi connectivity index (χ4n) is 4.51. The van der Waals surface area contributed by atoms with E-state index < -0.39 is 17.5 Å². The minimum atomic E-state index is -0.884. The highest BCUT2D eigenvalue weighted by atomic mass is 16.2. The van der Waals surface area contributed by atoms with Crippen molar-refractivity contribution in [2.24, 2.45) is 11.3 Å². The highest BCUT2D eigenvalue weighted by Crippen LogP contribution is 2.45. The molecule has 32 heavy (non-hydrogen) atoms. The first kappa shape index (κ1) is 23.6. The summed E-state index contributed by atoms with van der Waals surface area (Å²) in [5, 5.41) is 10.6. The lowest BCUT2D eigenvalue weighted by Crippen LogP contribution is -2.51. The Kier molecular flexibility index (Phi) is 6.76. The Bertz CT molecular complexity index is 888. The van der Waals surface area contributed by atoms with Gasteiger partial charge in [0.25, 0.3) is 5.91 Å². The summed E-state index contributed by atoms with van der Waals surface area (Å²) in [5.41, 5.74) is 0.394. The first-order valence-electron chi connectivity index (χ1n) is 11.1. The maximum atomic E-state index is 13.1. The van der Waals surface area contributed by atoms with Gasteiger partial charge in [0.15, 0.2) is 0 Å². The Morgan fingerprint density at radius 2 is 1.66 bits per heavy atom. The third-order valence-electron chi connectivity index (χ3n) is 7.06. The summed E-state index contributed by atoms with van der Waals surface area (Å²) >= 11 is 0. The predicted octanol–water partition coefficient (Wildman–Crippen LogP) is 3.29. The Balaban J connectivity index is 1.57. The molecule has 1 saturated heterocycles. The van der Waals surface area contributed by atoms with Gasteiger partial charge in [0.2, 0.25) is 5.91 Å². The van der Waals surface area contributed by atoms with E-state index in [2.05, 4.69) is 42.0 Å². The van der Waals surface area contributed by atoms with Crippen molar-refractivity contribution in [3.63, 3.8) is 0 Å². The lowest BCUT2D eigenvalue weighted by Gasteiger charge is -2.42. The van der Waals surface area contributed by atoms with Gasteiger partial charge < -0.3 is 21.3 Å². The van der Waals surface area contributed by atoms with E-state index in [1.807, 2.05) is 0 Å². The second-order valence-corrected chi connectivity index (χ2v) is 9.35. The van der Waals surface area contributed by atoms with Crippen LogP contribution >= 0.6 is 0 Å². The molecule has 1 saturated carbocycles. The second-order valence-electron chi connectivity index (χ2n) is 9.35. The molecule has 1 aromatic carbocycles. The molecule has 174 valence electrons. The Labute approximate surface area is 188 Å².